The number of halogens is 1. The summed E-state index contributed by atoms with van der Waals surface area (Å²) in [4.78, 5) is 40.4. The van der Waals surface area contributed by atoms with Gasteiger partial charge in [0.1, 0.15) is 11.8 Å². The number of fused-ring (bicyclic) bond motifs is 2. The maximum Gasteiger partial charge on any atom is 0.293 e. The number of rotatable bonds is 2. The summed E-state index contributed by atoms with van der Waals surface area (Å²) in [7, 11) is 0. The molecule has 3 atom stereocenters. The van der Waals surface area contributed by atoms with E-state index in [0.29, 0.717) is 21.8 Å². The molecule has 5 nitrogen and oxygen atoms in total. The number of hydrogen-bond acceptors (Lipinski definition) is 5. The van der Waals surface area contributed by atoms with Crippen LogP contribution in [-0.2, 0) is 4.79 Å². The summed E-state index contributed by atoms with van der Waals surface area (Å²) in [5.74, 6) is 1.10. The first-order valence-corrected chi connectivity index (χ1v) is 12.1. The van der Waals surface area contributed by atoms with Crippen LogP contribution in [0.1, 0.15) is 50.5 Å². The number of carbonyl (C=O) groups is 2. The van der Waals surface area contributed by atoms with Crippen LogP contribution in [0.15, 0.2) is 43.1 Å². The van der Waals surface area contributed by atoms with Gasteiger partial charge in [0.15, 0.2) is 5.43 Å². The van der Waals surface area contributed by atoms with Crippen LogP contribution in [0.4, 0.5) is 4.79 Å². The van der Waals surface area contributed by atoms with Crippen molar-refractivity contribution in [1.29, 1.82) is 0 Å². The van der Waals surface area contributed by atoms with Gasteiger partial charge in [-0.05, 0) is 67.1 Å². The van der Waals surface area contributed by atoms with E-state index in [0.717, 1.165) is 41.4 Å². The van der Waals surface area contributed by atoms with E-state index in [1.807, 2.05) is 0 Å². The summed E-state index contributed by atoms with van der Waals surface area (Å²) in [6.45, 7) is 0. The molecule has 3 unspecified atom stereocenters. The molecule has 1 aromatic carbocycles. The van der Waals surface area contributed by atoms with E-state index in [9.17, 15) is 14.4 Å². The van der Waals surface area contributed by atoms with Gasteiger partial charge in [-0.15, -0.1) is 0 Å². The largest absolute Gasteiger partial charge is 0.463 e. The highest BCUT2D eigenvalue weighted by Gasteiger charge is 2.43. The molecular weight excluding hydrogens is 466 g/mol. The van der Waals surface area contributed by atoms with Gasteiger partial charge in [-0.2, -0.15) is 0 Å². The van der Waals surface area contributed by atoms with E-state index in [-0.39, 0.29) is 28.2 Å². The number of hydrogen-bond donors (Lipinski definition) is 0. The third kappa shape index (κ3) is 3.56. The molecule has 2 saturated carbocycles. The van der Waals surface area contributed by atoms with E-state index in [2.05, 4.69) is 15.9 Å². The lowest BCUT2D eigenvalue weighted by atomic mass is 9.69. The third-order valence-electron chi connectivity index (χ3n) is 6.75. The highest BCUT2D eigenvalue weighted by Crippen LogP contribution is 2.44. The van der Waals surface area contributed by atoms with Crippen LogP contribution < -0.4 is 5.43 Å². The number of benzene rings is 1. The summed E-state index contributed by atoms with van der Waals surface area (Å²) in [5.41, 5.74) is 0.548. The first-order valence-electron chi connectivity index (χ1n) is 10.5. The maximum absolute atomic E-state index is 13.1. The van der Waals surface area contributed by atoms with Crippen molar-refractivity contribution in [1.82, 2.24) is 4.90 Å². The zero-order chi connectivity index (χ0) is 20.8. The average molecular weight is 488 g/mol. The SMILES string of the molecule is O=C1SC(=Cc2coc3ccc(Br)cc3c2=O)C(=O)N1C1CCC2CCCCC2C1. The van der Waals surface area contributed by atoms with E-state index >= 15 is 0 Å². The third-order valence-corrected chi connectivity index (χ3v) is 8.13. The van der Waals surface area contributed by atoms with Crippen LogP contribution in [0.3, 0.4) is 0 Å². The first-order chi connectivity index (χ1) is 14.5. The molecule has 0 N–H and O–H groups in total. The van der Waals surface area contributed by atoms with Crippen molar-refractivity contribution in [2.24, 2.45) is 11.8 Å². The zero-order valence-corrected chi connectivity index (χ0v) is 18.8. The quantitative estimate of drug-likeness (QED) is 0.489. The summed E-state index contributed by atoms with van der Waals surface area (Å²) in [6.07, 6.45) is 10.8. The van der Waals surface area contributed by atoms with Gasteiger partial charge in [0.05, 0.1) is 15.9 Å². The molecule has 1 aliphatic heterocycles. The van der Waals surface area contributed by atoms with Crippen LogP contribution in [0.5, 0.6) is 0 Å². The second kappa shape index (κ2) is 8.00. The Balaban J connectivity index is 1.42. The normalized spacial score (nSPS) is 28.4. The number of nitrogens with zero attached hydrogens (tertiary/aromatic N) is 1. The lowest BCUT2D eigenvalue weighted by Crippen LogP contribution is -2.44. The molecule has 5 rings (SSSR count). The fraction of sp³-hybridized carbons (Fsp3) is 0.435. The first kappa shape index (κ1) is 20.1. The fourth-order valence-corrected chi connectivity index (χ4v) is 6.49. The number of thioether (sulfide) groups is 1. The van der Waals surface area contributed by atoms with Gasteiger partial charge in [-0.1, -0.05) is 41.6 Å². The molecule has 2 amide bonds. The van der Waals surface area contributed by atoms with Gasteiger partial charge in [-0.25, -0.2) is 0 Å². The minimum absolute atomic E-state index is 0.0216. The van der Waals surface area contributed by atoms with Crippen molar-refractivity contribution in [3.63, 3.8) is 0 Å². The Morgan fingerprint density at radius 2 is 1.87 bits per heavy atom. The molecule has 2 aromatic rings. The fourth-order valence-electron chi connectivity index (χ4n) is 5.24. The molecule has 30 heavy (non-hydrogen) atoms. The van der Waals surface area contributed by atoms with Crippen LogP contribution in [0.25, 0.3) is 17.0 Å². The van der Waals surface area contributed by atoms with Crippen LogP contribution >= 0.6 is 27.7 Å². The predicted octanol–water partition coefficient (Wildman–Crippen LogP) is 5.95. The Labute approximate surface area is 187 Å². The second-order valence-electron chi connectivity index (χ2n) is 8.48. The molecule has 0 radical (unpaired) electrons. The summed E-state index contributed by atoms with van der Waals surface area (Å²) in [5, 5.41) is 0.214. The molecule has 3 aliphatic rings. The van der Waals surface area contributed by atoms with Crippen molar-refractivity contribution in [2.45, 2.75) is 51.0 Å². The topological polar surface area (TPSA) is 67.6 Å². The van der Waals surface area contributed by atoms with Gasteiger partial charge in [-0.3, -0.25) is 19.3 Å². The molecule has 1 aromatic heterocycles. The average Bonchev–Trinajstić information content (AvgIpc) is 3.03. The van der Waals surface area contributed by atoms with E-state index in [4.69, 9.17) is 4.42 Å². The summed E-state index contributed by atoms with van der Waals surface area (Å²) < 4.78 is 6.34. The van der Waals surface area contributed by atoms with Crippen molar-refractivity contribution in [3.05, 3.63) is 49.6 Å². The Morgan fingerprint density at radius 1 is 1.07 bits per heavy atom. The minimum Gasteiger partial charge on any atom is -0.463 e. The molecule has 156 valence electrons. The van der Waals surface area contributed by atoms with Gasteiger partial charge in [0, 0.05) is 10.5 Å². The zero-order valence-electron chi connectivity index (χ0n) is 16.4. The van der Waals surface area contributed by atoms with Gasteiger partial charge < -0.3 is 4.42 Å². The Bertz CT molecular complexity index is 1120. The molecule has 7 heteroatoms. The van der Waals surface area contributed by atoms with Crippen LogP contribution in [0.2, 0.25) is 0 Å². The van der Waals surface area contributed by atoms with Crippen molar-refractivity contribution >= 4 is 55.9 Å². The Morgan fingerprint density at radius 3 is 2.70 bits per heavy atom. The molecule has 2 heterocycles. The summed E-state index contributed by atoms with van der Waals surface area (Å²) >= 11 is 4.29. The van der Waals surface area contributed by atoms with E-state index < -0.39 is 0 Å². The number of carbonyl (C=O) groups excluding carboxylic acids is 2. The lowest BCUT2D eigenvalue weighted by Gasteiger charge is -2.41. The van der Waals surface area contributed by atoms with Crippen LogP contribution in [-0.4, -0.2) is 22.1 Å². The Kier molecular flexibility index (Phi) is 5.35. The van der Waals surface area contributed by atoms with Gasteiger partial charge >= 0.3 is 0 Å². The summed E-state index contributed by atoms with van der Waals surface area (Å²) in [6, 6.07) is 5.20. The molecule has 1 saturated heterocycles. The highest BCUT2D eigenvalue weighted by molar-refractivity contribution is 9.10. The van der Waals surface area contributed by atoms with Crippen molar-refractivity contribution in [3.8, 4) is 0 Å². The minimum atomic E-state index is -0.280. The van der Waals surface area contributed by atoms with E-state index in [1.54, 1.807) is 18.2 Å². The monoisotopic (exact) mass is 487 g/mol. The maximum atomic E-state index is 13.1. The molecule has 0 spiro atoms. The van der Waals surface area contributed by atoms with Crippen molar-refractivity contribution < 1.29 is 14.0 Å². The second-order valence-corrected chi connectivity index (χ2v) is 10.4. The van der Waals surface area contributed by atoms with Crippen molar-refractivity contribution in [2.75, 3.05) is 0 Å². The molecular formula is C23H22BrNO4S. The smallest absolute Gasteiger partial charge is 0.293 e. The van der Waals surface area contributed by atoms with E-state index in [1.165, 1.54) is 42.9 Å². The standard InChI is InChI=1S/C23H22BrNO4S/c24-16-6-8-19-18(11-16)21(26)15(12-29-19)10-20-22(27)25(23(28)30-20)17-7-5-13-3-1-2-4-14(13)9-17/h6,8,10-14,17H,1-5,7,9H2. The highest BCUT2D eigenvalue weighted by atomic mass is 79.9. The lowest BCUT2D eigenvalue weighted by molar-refractivity contribution is -0.125. The molecule has 3 fully saturated rings. The number of amides is 2. The predicted molar refractivity (Wildman–Crippen MR) is 121 cm³/mol. The molecule has 0 bridgehead atoms. The number of imide groups is 1. The van der Waals surface area contributed by atoms with Gasteiger partial charge in [0.25, 0.3) is 11.1 Å². The van der Waals surface area contributed by atoms with Crippen LogP contribution in [0, 0.1) is 11.8 Å². The molecule has 2 aliphatic carbocycles. The Hall–Kier alpha value is -1.86. The van der Waals surface area contributed by atoms with Gasteiger partial charge in [0.2, 0.25) is 0 Å².